The van der Waals surface area contributed by atoms with E-state index in [9.17, 15) is 4.79 Å². The lowest BCUT2D eigenvalue weighted by atomic mass is 10.1. The number of fused-ring (bicyclic) bond motifs is 1. The van der Waals surface area contributed by atoms with Gasteiger partial charge in [0.1, 0.15) is 6.54 Å². The molecule has 0 spiro atoms. The van der Waals surface area contributed by atoms with E-state index in [1.54, 1.807) is 0 Å². The second-order valence-corrected chi connectivity index (χ2v) is 5.02. The van der Waals surface area contributed by atoms with Crippen LogP contribution in [0, 0.1) is 6.92 Å². The molecule has 0 atom stereocenters. The van der Waals surface area contributed by atoms with Crippen LogP contribution < -0.4 is 10.2 Å². The molecule has 19 heavy (non-hydrogen) atoms. The number of benzene rings is 2. The number of carbonyl (C=O) groups is 1. The first-order chi connectivity index (χ1) is 9.15. The van der Waals surface area contributed by atoms with Gasteiger partial charge in [0.15, 0.2) is 0 Å². The molecule has 1 aliphatic rings. The molecule has 4 heteroatoms. The third-order valence-electron chi connectivity index (χ3n) is 3.20. The van der Waals surface area contributed by atoms with Crippen LogP contribution in [-0.2, 0) is 4.79 Å². The summed E-state index contributed by atoms with van der Waals surface area (Å²) in [6, 6.07) is 13.4. The normalized spacial score (nSPS) is 14.0. The van der Waals surface area contributed by atoms with E-state index in [1.165, 1.54) is 0 Å². The van der Waals surface area contributed by atoms with Crippen molar-refractivity contribution >= 4 is 34.6 Å². The van der Waals surface area contributed by atoms with E-state index >= 15 is 0 Å². The molecule has 0 fully saturated rings. The third kappa shape index (κ3) is 2.17. The molecule has 0 radical (unpaired) electrons. The molecule has 1 amide bonds. The van der Waals surface area contributed by atoms with Gasteiger partial charge in [0.25, 0.3) is 0 Å². The Labute approximate surface area is 116 Å². The van der Waals surface area contributed by atoms with Gasteiger partial charge >= 0.3 is 0 Å². The molecule has 1 aliphatic heterocycles. The molecule has 0 saturated heterocycles. The van der Waals surface area contributed by atoms with Crippen molar-refractivity contribution in [1.29, 1.82) is 0 Å². The van der Waals surface area contributed by atoms with Gasteiger partial charge in [-0.25, -0.2) is 0 Å². The number of rotatable bonds is 1. The van der Waals surface area contributed by atoms with Crippen LogP contribution in [0.5, 0.6) is 0 Å². The molecule has 0 aromatic heterocycles. The van der Waals surface area contributed by atoms with Crippen molar-refractivity contribution in [2.45, 2.75) is 6.92 Å². The van der Waals surface area contributed by atoms with Crippen molar-refractivity contribution < 1.29 is 4.79 Å². The SMILES string of the molecule is Cc1cccc2c1N(c1cccc(Cl)c1)CC(=O)N2. The van der Waals surface area contributed by atoms with Crippen molar-refractivity contribution in [2.24, 2.45) is 0 Å². The molecule has 96 valence electrons. The zero-order valence-electron chi connectivity index (χ0n) is 10.5. The minimum atomic E-state index is -0.0157. The number of nitrogens with zero attached hydrogens (tertiary/aromatic N) is 1. The molecule has 3 nitrogen and oxygen atoms in total. The Morgan fingerprint density at radius 2 is 2.00 bits per heavy atom. The lowest BCUT2D eigenvalue weighted by Gasteiger charge is -2.32. The maximum atomic E-state index is 11.8. The van der Waals surface area contributed by atoms with Gasteiger partial charge in [-0.15, -0.1) is 0 Å². The Hall–Kier alpha value is -2.00. The maximum absolute atomic E-state index is 11.8. The first kappa shape index (κ1) is 12.1. The molecule has 0 bridgehead atoms. The van der Waals surface area contributed by atoms with Crippen LogP contribution >= 0.6 is 11.6 Å². The van der Waals surface area contributed by atoms with E-state index in [1.807, 2.05) is 54.3 Å². The molecule has 2 aromatic rings. The Morgan fingerprint density at radius 3 is 2.79 bits per heavy atom. The number of anilines is 3. The van der Waals surface area contributed by atoms with Crippen LogP contribution in [0.15, 0.2) is 42.5 Å². The summed E-state index contributed by atoms with van der Waals surface area (Å²) in [5.41, 5.74) is 3.93. The predicted molar refractivity (Wildman–Crippen MR) is 78.3 cm³/mol. The number of carbonyl (C=O) groups excluding carboxylic acids is 1. The fourth-order valence-electron chi connectivity index (χ4n) is 2.39. The van der Waals surface area contributed by atoms with Crippen molar-refractivity contribution in [2.75, 3.05) is 16.8 Å². The summed E-state index contributed by atoms with van der Waals surface area (Å²) >= 11 is 6.04. The molecule has 1 N–H and O–H groups in total. The Bertz CT molecular complexity index is 654. The van der Waals surface area contributed by atoms with Crippen LogP contribution in [0.4, 0.5) is 17.1 Å². The van der Waals surface area contributed by atoms with Crippen molar-refractivity contribution in [3.63, 3.8) is 0 Å². The summed E-state index contributed by atoms with van der Waals surface area (Å²) in [7, 11) is 0. The van der Waals surface area contributed by atoms with Crippen molar-refractivity contribution in [3.8, 4) is 0 Å². The average Bonchev–Trinajstić information content (AvgIpc) is 2.37. The number of nitrogens with one attached hydrogen (secondary N) is 1. The third-order valence-corrected chi connectivity index (χ3v) is 3.44. The lowest BCUT2D eigenvalue weighted by molar-refractivity contribution is -0.115. The number of halogens is 1. The number of para-hydroxylation sites is 1. The van der Waals surface area contributed by atoms with E-state index in [4.69, 9.17) is 11.6 Å². The van der Waals surface area contributed by atoms with E-state index in [2.05, 4.69) is 5.32 Å². The summed E-state index contributed by atoms with van der Waals surface area (Å²) < 4.78 is 0. The van der Waals surface area contributed by atoms with E-state index in [0.717, 1.165) is 22.6 Å². The molecule has 0 saturated carbocycles. The average molecular weight is 273 g/mol. The topological polar surface area (TPSA) is 32.3 Å². The van der Waals surface area contributed by atoms with Crippen LogP contribution in [0.3, 0.4) is 0 Å². The van der Waals surface area contributed by atoms with Crippen molar-refractivity contribution in [3.05, 3.63) is 53.1 Å². The molecule has 1 heterocycles. The first-order valence-corrected chi connectivity index (χ1v) is 6.45. The lowest BCUT2D eigenvalue weighted by Crippen LogP contribution is -2.35. The van der Waals surface area contributed by atoms with Gasteiger partial charge in [-0.05, 0) is 36.8 Å². The highest BCUT2D eigenvalue weighted by atomic mass is 35.5. The minimum absolute atomic E-state index is 0.0157. The van der Waals surface area contributed by atoms with Gasteiger partial charge in [0.05, 0.1) is 11.4 Å². The Morgan fingerprint density at radius 1 is 1.21 bits per heavy atom. The fraction of sp³-hybridized carbons (Fsp3) is 0.133. The van der Waals surface area contributed by atoms with Gasteiger partial charge < -0.3 is 10.2 Å². The second-order valence-electron chi connectivity index (χ2n) is 4.59. The summed E-state index contributed by atoms with van der Waals surface area (Å²) in [6.45, 7) is 2.34. The highest BCUT2D eigenvalue weighted by molar-refractivity contribution is 6.30. The van der Waals surface area contributed by atoms with Crippen molar-refractivity contribution in [1.82, 2.24) is 0 Å². The standard InChI is InChI=1S/C15H13ClN2O/c1-10-4-2-7-13-15(10)18(9-14(19)17-13)12-6-3-5-11(16)8-12/h2-8H,9H2,1H3,(H,17,19). The molecule has 0 aliphatic carbocycles. The first-order valence-electron chi connectivity index (χ1n) is 6.08. The van der Waals surface area contributed by atoms with Crippen LogP contribution in [0.25, 0.3) is 0 Å². The maximum Gasteiger partial charge on any atom is 0.244 e. The largest absolute Gasteiger partial charge is 0.330 e. The van der Waals surface area contributed by atoms with Gasteiger partial charge in [-0.1, -0.05) is 29.8 Å². The summed E-state index contributed by atoms with van der Waals surface area (Å²) in [5, 5.41) is 3.57. The van der Waals surface area contributed by atoms with Gasteiger partial charge in [-0.3, -0.25) is 4.79 Å². The molecular weight excluding hydrogens is 260 g/mol. The van der Waals surface area contributed by atoms with Crippen LogP contribution in [0.1, 0.15) is 5.56 Å². The van der Waals surface area contributed by atoms with Crippen LogP contribution in [0.2, 0.25) is 5.02 Å². The minimum Gasteiger partial charge on any atom is -0.330 e. The number of hydrogen-bond donors (Lipinski definition) is 1. The molecule has 2 aromatic carbocycles. The summed E-state index contributed by atoms with van der Waals surface area (Å²) in [4.78, 5) is 13.8. The smallest absolute Gasteiger partial charge is 0.244 e. The molecule has 3 rings (SSSR count). The Kier molecular flexibility index (Phi) is 2.91. The zero-order chi connectivity index (χ0) is 13.4. The second kappa shape index (κ2) is 4.59. The van der Waals surface area contributed by atoms with Crippen LogP contribution in [-0.4, -0.2) is 12.5 Å². The van der Waals surface area contributed by atoms with Gasteiger partial charge in [0, 0.05) is 10.7 Å². The quantitative estimate of drug-likeness (QED) is 0.858. The van der Waals surface area contributed by atoms with E-state index < -0.39 is 0 Å². The highest BCUT2D eigenvalue weighted by Crippen LogP contribution is 2.38. The van der Waals surface area contributed by atoms with E-state index in [-0.39, 0.29) is 5.91 Å². The van der Waals surface area contributed by atoms with Gasteiger partial charge in [-0.2, -0.15) is 0 Å². The van der Waals surface area contributed by atoms with Gasteiger partial charge in [0.2, 0.25) is 5.91 Å². The highest BCUT2D eigenvalue weighted by Gasteiger charge is 2.24. The number of amides is 1. The zero-order valence-corrected chi connectivity index (χ0v) is 11.2. The predicted octanol–water partition coefficient (Wildman–Crippen LogP) is 3.74. The van der Waals surface area contributed by atoms with E-state index in [0.29, 0.717) is 11.6 Å². The fourth-order valence-corrected chi connectivity index (χ4v) is 2.58. The number of hydrogen-bond acceptors (Lipinski definition) is 2. The Balaban J connectivity index is 2.16. The monoisotopic (exact) mass is 272 g/mol. The summed E-state index contributed by atoms with van der Waals surface area (Å²) in [5.74, 6) is -0.0157. The summed E-state index contributed by atoms with van der Waals surface area (Å²) in [6.07, 6.45) is 0. The molecular formula is C15H13ClN2O. The number of aryl methyl sites for hydroxylation is 1. The molecule has 0 unspecified atom stereocenters.